The molecule has 0 amide bonds. The first-order valence-electron chi connectivity index (χ1n) is 5.81. The van der Waals surface area contributed by atoms with Crippen molar-refractivity contribution in [2.45, 2.75) is 13.5 Å². The molecule has 0 aliphatic rings. The molecule has 0 fully saturated rings. The summed E-state index contributed by atoms with van der Waals surface area (Å²) in [6.45, 7) is 3.02. The van der Waals surface area contributed by atoms with Crippen molar-refractivity contribution in [3.05, 3.63) is 46.6 Å². The SMILES string of the molecule is CCNc1cnc(COc2cc(F)ccc2Br)cn1. The molecule has 2 rings (SSSR count). The van der Waals surface area contributed by atoms with E-state index in [2.05, 4.69) is 31.2 Å². The van der Waals surface area contributed by atoms with Gasteiger partial charge in [0.15, 0.2) is 0 Å². The molecular weight excluding hydrogens is 313 g/mol. The van der Waals surface area contributed by atoms with E-state index in [1.54, 1.807) is 18.5 Å². The van der Waals surface area contributed by atoms with Crippen LogP contribution in [0.15, 0.2) is 35.1 Å². The van der Waals surface area contributed by atoms with Crippen LogP contribution in [0.2, 0.25) is 0 Å². The highest BCUT2D eigenvalue weighted by Gasteiger charge is 2.04. The van der Waals surface area contributed by atoms with Crippen LogP contribution in [0.5, 0.6) is 5.75 Å². The number of benzene rings is 1. The van der Waals surface area contributed by atoms with Crippen LogP contribution < -0.4 is 10.1 Å². The van der Waals surface area contributed by atoms with Crippen molar-refractivity contribution in [1.82, 2.24) is 9.97 Å². The summed E-state index contributed by atoms with van der Waals surface area (Å²) in [7, 11) is 0. The zero-order valence-electron chi connectivity index (χ0n) is 10.4. The Balaban J connectivity index is 2.00. The lowest BCUT2D eigenvalue weighted by atomic mass is 10.3. The Morgan fingerprint density at radius 2 is 2.16 bits per heavy atom. The van der Waals surface area contributed by atoms with E-state index < -0.39 is 0 Å². The predicted octanol–water partition coefficient (Wildman–Crippen LogP) is 3.39. The average Bonchev–Trinajstić information content (AvgIpc) is 2.42. The number of rotatable bonds is 5. The Morgan fingerprint density at radius 1 is 1.32 bits per heavy atom. The monoisotopic (exact) mass is 325 g/mol. The van der Waals surface area contributed by atoms with Gasteiger partial charge < -0.3 is 10.1 Å². The molecule has 0 spiro atoms. The maximum Gasteiger partial charge on any atom is 0.144 e. The summed E-state index contributed by atoms with van der Waals surface area (Å²) in [5.74, 6) is 0.822. The van der Waals surface area contributed by atoms with Gasteiger partial charge in [-0.15, -0.1) is 0 Å². The van der Waals surface area contributed by atoms with E-state index in [9.17, 15) is 4.39 Å². The number of aromatic nitrogens is 2. The van der Waals surface area contributed by atoms with Crippen LogP contribution in [0.3, 0.4) is 0 Å². The van der Waals surface area contributed by atoms with Crippen LogP contribution in [0.4, 0.5) is 10.2 Å². The second-order valence-corrected chi connectivity index (χ2v) is 4.64. The quantitative estimate of drug-likeness (QED) is 0.915. The third kappa shape index (κ3) is 3.89. The molecule has 1 heterocycles. The zero-order chi connectivity index (χ0) is 13.7. The van der Waals surface area contributed by atoms with Crippen molar-refractivity contribution in [2.24, 2.45) is 0 Å². The molecule has 19 heavy (non-hydrogen) atoms. The van der Waals surface area contributed by atoms with Gasteiger partial charge in [-0.25, -0.2) is 9.37 Å². The standard InChI is InChI=1S/C13H13BrFN3O/c1-2-16-13-7-17-10(6-18-13)8-19-12-5-9(15)3-4-11(12)14/h3-7H,2,8H2,1H3,(H,16,18). The Bertz CT molecular complexity index is 548. The Morgan fingerprint density at radius 3 is 2.84 bits per heavy atom. The zero-order valence-corrected chi connectivity index (χ0v) is 11.9. The molecule has 4 nitrogen and oxygen atoms in total. The summed E-state index contributed by atoms with van der Waals surface area (Å²) in [6.07, 6.45) is 3.27. The van der Waals surface area contributed by atoms with E-state index in [-0.39, 0.29) is 12.4 Å². The van der Waals surface area contributed by atoms with Crippen LogP contribution in [0.1, 0.15) is 12.6 Å². The molecule has 0 aliphatic carbocycles. The first-order chi connectivity index (χ1) is 9.19. The van der Waals surface area contributed by atoms with Crippen molar-refractivity contribution in [3.8, 4) is 5.75 Å². The minimum absolute atomic E-state index is 0.238. The molecule has 0 aliphatic heterocycles. The molecular formula is C13H13BrFN3O. The molecule has 0 bridgehead atoms. The predicted molar refractivity (Wildman–Crippen MR) is 74.6 cm³/mol. The van der Waals surface area contributed by atoms with E-state index >= 15 is 0 Å². The third-order valence-corrected chi connectivity index (χ3v) is 2.99. The summed E-state index contributed by atoms with van der Waals surface area (Å²) >= 11 is 3.30. The van der Waals surface area contributed by atoms with E-state index in [1.165, 1.54) is 12.1 Å². The van der Waals surface area contributed by atoms with Crippen molar-refractivity contribution in [2.75, 3.05) is 11.9 Å². The fourth-order valence-corrected chi connectivity index (χ4v) is 1.80. The first kappa shape index (κ1) is 13.7. The average molecular weight is 326 g/mol. The van der Waals surface area contributed by atoms with E-state index in [0.717, 1.165) is 12.4 Å². The second kappa shape index (κ2) is 6.47. The molecule has 2 aromatic rings. The summed E-state index contributed by atoms with van der Waals surface area (Å²) < 4.78 is 19.3. The highest BCUT2D eigenvalue weighted by molar-refractivity contribution is 9.10. The lowest BCUT2D eigenvalue weighted by Crippen LogP contribution is -2.03. The number of halogens is 2. The normalized spacial score (nSPS) is 10.3. The van der Waals surface area contributed by atoms with E-state index in [1.807, 2.05) is 6.92 Å². The number of anilines is 1. The highest BCUT2D eigenvalue weighted by Crippen LogP contribution is 2.26. The lowest BCUT2D eigenvalue weighted by molar-refractivity contribution is 0.297. The third-order valence-electron chi connectivity index (χ3n) is 2.33. The maximum atomic E-state index is 13.1. The molecule has 0 atom stereocenters. The van der Waals surface area contributed by atoms with Gasteiger partial charge in [-0.05, 0) is 35.0 Å². The van der Waals surface area contributed by atoms with Crippen molar-refractivity contribution in [3.63, 3.8) is 0 Å². The summed E-state index contributed by atoms with van der Waals surface area (Å²) in [6, 6.07) is 4.29. The number of nitrogens with zero attached hydrogens (tertiary/aromatic N) is 2. The summed E-state index contributed by atoms with van der Waals surface area (Å²) in [5, 5.41) is 3.05. The second-order valence-electron chi connectivity index (χ2n) is 3.79. The van der Waals surface area contributed by atoms with Gasteiger partial charge in [-0.2, -0.15) is 0 Å². The number of ether oxygens (including phenoxy) is 1. The molecule has 0 radical (unpaired) electrons. The fraction of sp³-hybridized carbons (Fsp3) is 0.231. The van der Waals surface area contributed by atoms with Gasteiger partial charge in [0.1, 0.15) is 24.0 Å². The minimum atomic E-state index is -0.341. The van der Waals surface area contributed by atoms with Gasteiger partial charge in [0.25, 0.3) is 0 Å². The molecule has 1 aromatic heterocycles. The topological polar surface area (TPSA) is 47.0 Å². The van der Waals surface area contributed by atoms with Crippen LogP contribution in [-0.2, 0) is 6.61 Å². The Labute approximate surface area is 119 Å². The van der Waals surface area contributed by atoms with Crippen LogP contribution in [0, 0.1) is 5.82 Å². The van der Waals surface area contributed by atoms with Gasteiger partial charge in [0.2, 0.25) is 0 Å². The molecule has 0 unspecified atom stereocenters. The Kier molecular flexibility index (Phi) is 4.68. The molecule has 6 heteroatoms. The molecule has 1 N–H and O–H groups in total. The molecule has 0 saturated heterocycles. The smallest absolute Gasteiger partial charge is 0.144 e. The minimum Gasteiger partial charge on any atom is -0.486 e. The number of hydrogen-bond donors (Lipinski definition) is 1. The van der Waals surface area contributed by atoms with Gasteiger partial charge in [0, 0.05) is 12.6 Å². The first-order valence-corrected chi connectivity index (χ1v) is 6.61. The van der Waals surface area contributed by atoms with Gasteiger partial charge in [-0.3, -0.25) is 4.98 Å². The summed E-state index contributed by atoms with van der Waals surface area (Å²) in [5.41, 5.74) is 0.679. The Hall–Kier alpha value is -1.69. The molecule has 0 saturated carbocycles. The highest BCUT2D eigenvalue weighted by atomic mass is 79.9. The van der Waals surface area contributed by atoms with Gasteiger partial charge >= 0.3 is 0 Å². The fourth-order valence-electron chi connectivity index (χ4n) is 1.44. The molecule has 1 aromatic carbocycles. The maximum absolute atomic E-state index is 13.1. The van der Waals surface area contributed by atoms with Crippen molar-refractivity contribution >= 4 is 21.7 Å². The van der Waals surface area contributed by atoms with Crippen LogP contribution in [0.25, 0.3) is 0 Å². The number of nitrogens with one attached hydrogen (secondary N) is 1. The molecule has 100 valence electrons. The van der Waals surface area contributed by atoms with Crippen LogP contribution >= 0.6 is 15.9 Å². The van der Waals surface area contributed by atoms with E-state index in [0.29, 0.717) is 15.9 Å². The lowest BCUT2D eigenvalue weighted by Gasteiger charge is -2.08. The van der Waals surface area contributed by atoms with Crippen molar-refractivity contribution in [1.29, 1.82) is 0 Å². The summed E-state index contributed by atoms with van der Waals surface area (Å²) in [4.78, 5) is 8.39. The van der Waals surface area contributed by atoms with E-state index in [4.69, 9.17) is 4.74 Å². The number of hydrogen-bond acceptors (Lipinski definition) is 4. The van der Waals surface area contributed by atoms with Crippen LogP contribution in [-0.4, -0.2) is 16.5 Å². The largest absolute Gasteiger partial charge is 0.486 e. The van der Waals surface area contributed by atoms with Crippen molar-refractivity contribution < 1.29 is 9.13 Å². The van der Waals surface area contributed by atoms with Gasteiger partial charge in [0.05, 0.1) is 22.6 Å². The van der Waals surface area contributed by atoms with Gasteiger partial charge in [-0.1, -0.05) is 0 Å².